The Balaban J connectivity index is 1.58. The van der Waals surface area contributed by atoms with Crippen LogP contribution in [0.5, 0.6) is 0 Å². The number of fused-ring (bicyclic) bond motifs is 1. The maximum absolute atomic E-state index is 12.6. The number of amides is 1. The summed E-state index contributed by atoms with van der Waals surface area (Å²) in [5.74, 6) is -0.155. The molecule has 29 heavy (non-hydrogen) atoms. The molecule has 4 rings (SSSR count). The molecule has 3 aromatic rings. The second-order valence-corrected chi connectivity index (χ2v) is 6.93. The Hall–Kier alpha value is -3.81. The van der Waals surface area contributed by atoms with E-state index >= 15 is 0 Å². The zero-order valence-electron chi connectivity index (χ0n) is 15.7. The zero-order chi connectivity index (χ0) is 20.5. The number of H-pyrrole nitrogens is 2. The molecule has 0 fully saturated rings. The highest BCUT2D eigenvalue weighted by Gasteiger charge is 2.22. The Morgan fingerprint density at radius 3 is 2.52 bits per heavy atom. The number of aromatic nitrogens is 3. The van der Waals surface area contributed by atoms with E-state index in [1.54, 1.807) is 31.2 Å². The van der Waals surface area contributed by atoms with Crippen molar-refractivity contribution in [1.82, 2.24) is 15.0 Å². The van der Waals surface area contributed by atoms with Gasteiger partial charge < -0.3 is 15.3 Å². The molecule has 8 nitrogen and oxygen atoms in total. The molecule has 3 N–H and O–H groups in total. The van der Waals surface area contributed by atoms with Crippen LogP contribution in [0.2, 0.25) is 0 Å². The molecule has 2 aromatic heterocycles. The molecular formula is C21H18N4O4. The number of ketones is 1. The Labute approximate surface area is 165 Å². The van der Waals surface area contributed by atoms with Gasteiger partial charge in [0.2, 0.25) is 0 Å². The number of nitrogens with one attached hydrogen (secondary N) is 3. The average Bonchev–Trinajstić information content (AvgIpc) is 2.67. The van der Waals surface area contributed by atoms with Crippen molar-refractivity contribution in [3.63, 3.8) is 0 Å². The lowest BCUT2D eigenvalue weighted by Crippen LogP contribution is -2.27. The van der Waals surface area contributed by atoms with Crippen molar-refractivity contribution in [1.29, 1.82) is 0 Å². The smallest absolute Gasteiger partial charge is 0.261 e. The summed E-state index contributed by atoms with van der Waals surface area (Å²) in [6.07, 6.45) is 1.73. The van der Waals surface area contributed by atoms with Gasteiger partial charge in [-0.3, -0.25) is 19.2 Å². The average molecular weight is 390 g/mol. The van der Waals surface area contributed by atoms with Crippen LogP contribution in [0.4, 0.5) is 5.69 Å². The predicted octanol–water partition coefficient (Wildman–Crippen LogP) is 2.20. The minimum atomic E-state index is -0.592. The van der Waals surface area contributed by atoms with Crippen molar-refractivity contribution < 1.29 is 9.59 Å². The molecule has 146 valence electrons. The van der Waals surface area contributed by atoms with Crippen molar-refractivity contribution in [3.05, 3.63) is 79.8 Å². The first-order valence-electron chi connectivity index (χ1n) is 9.20. The van der Waals surface area contributed by atoms with Crippen molar-refractivity contribution in [2.75, 3.05) is 5.32 Å². The van der Waals surface area contributed by atoms with E-state index in [4.69, 9.17) is 0 Å². The summed E-state index contributed by atoms with van der Waals surface area (Å²) in [6, 6.07) is 9.52. The van der Waals surface area contributed by atoms with Gasteiger partial charge in [0.05, 0.1) is 5.69 Å². The van der Waals surface area contributed by atoms with E-state index in [0.29, 0.717) is 47.7 Å². The highest BCUT2D eigenvalue weighted by molar-refractivity contribution is 6.06. The number of nitrogens with zero attached hydrogens (tertiary/aromatic N) is 1. The van der Waals surface area contributed by atoms with Crippen molar-refractivity contribution in [2.45, 2.75) is 26.2 Å². The zero-order valence-corrected chi connectivity index (χ0v) is 15.7. The number of aromatic amines is 2. The Morgan fingerprint density at radius 2 is 1.79 bits per heavy atom. The summed E-state index contributed by atoms with van der Waals surface area (Å²) in [6.45, 7) is 1.69. The van der Waals surface area contributed by atoms with E-state index in [-0.39, 0.29) is 16.9 Å². The van der Waals surface area contributed by atoms with Crippen molar-refractivity contribution in [3.8, 4) is 11.3 Å². The minimum Gasteiger partial charge on any atom is -0.325 e. The Morgan fingerprint density at radius 1 is 1.03 bits per heavy atom. The molecule has 1 aliphatic carbocycles. The summed E-state index contributed by atoms with van der Waals surface area (Å²) < 4.78 is 0. The van der Waals surface area contributed by atoms with Crippen LogP contribution >= 0.6 is 0 Å². The third-order valence-corrected chi connectivity index (χ3v) is 4.80. The van der Waals surface area contributed by atoms with E-state index < -0.39 is 11.5 Å². The van der Waals surface area contributed by atoms with Crippen LogP contribution in [-0.4, -0.2) is 26.6 Å². The first kappa shape index (κ1) is 18.5. The van der Waals surface area contributed by atoms with E-state index in [2.05, 4.69) is 20.3 Å². The van der Waals surface area contributed by atoms with Gasteiger partial charge in [0.25, 0.3) is 17.0 Å². The summed E-state index contributed by atoms with van der Waals surface area (Å²) in [5, 5.41) is 2.66. The van der Waals surface area contributed by atoms with Crippen LogP contribution in [0.3, 0.4) is 0 Å². The normalized spacial score (nSPS) is 13.1. The second kappa shape index (κ2) is 7.31. The summed E-state index contributed by atoms with van der Waals surface area (Å²) >= 11 is 0. The highest BCUT2D eigenvalue weighted by Crippen LogP contribution is 2.21. The van der Waals surface area contributed by atoms with Crippen LogP contribution in [0.25, 0.3) is 11.3 Å². The number of carbonyl (C=O) groups is 2. The third-order valence-electron chi connectivity index (χ3n) is 4.80. The van der Waals surface area contributed by atoms with Gasteiger partial charge in [0.15, 0.2) is 5.78 Å². The molecule has 1 aromatic carbocycles. The van der Waals surface area contributed by atoms with Crippen LogP contribution in [0.1, 0.15) is 45.1 Å². The van der Waals surface area contributed by atoms with E-state index in [0.717, 1.165) is 5.56 Å². The third kappa shape index (κ3) is 3.77. The topological polar surface area (TPSA) is 125 Å². The van der Waals surface area contributed by atoms with Crippen LogP contribution in [0.15, 0.2) is 46.0 Å². The van der Waals surface area contributed by atoms with Gasteiger partial charge in [-0.15, -0.1) is 0 Å². The molecule has 0 saturated carbocycles. The van der Waals surface area contributed by atoms with Gasteiger partial charge in [-0.1, -0.05) is 12.1 Å². The molecule has 0 spiro atoms. The number of hydrogen-bond donors (Lipinski definition) is 3. The van der Waals surface area contributed by atoms with Gasteiger partial charge in [-0.2, -0.15) is 0 Å². The molecular weight excluding hydrogens is 372 g/mol. The predicted molar refractivity (Wildman–Crippen MR) is 107 cm³/mol. The van der Waals surface area contributed by atoms with Gasteiger partial charge in [0, 0.05) is 35.0 Å². The lowest BCUT2D eigenvalue weighted by Gasteiger charge is -2.15. The first-order chi connectivity index (χ1) is 13.9. The first-order valence-corrected chi connectivity index (χ1v) is 9.20. The number of pyridine rings is 1. The molecule has 0 bridgehead atoms. The fourth-order valence-corrected chi connectivity index (χ4v) is 3.39. The lowest BCUT2D eigenvalue weighted by atomic mass is 9.93. The van der Waals surface area contributed by atoms with Gasteiger partial charge >= 0.3 is 0 Å². The Bertz CT molecular complexity index is 1240. The molecule has 0 radical (unpaired) electrons. The number of rotatable bonds is 3. The van der Waals surface area contributed by atoms with Gasteiger partial charge in [0.1, 0.15) is 11.4 Å². The summed E-state index contributed by atoms with van der Waals surface area (Å²) in [4.78, 5) is 58.0. The number of Topliss-reactive ketones (excluding diaryl/α,β-unsaturated/α-hetero) is 1. The second-order valence-electron chi connectivity index (χ2n) is 6.93. The maximum Gasteiger partial charge on any atom is 0.261 e. The molecule has 0 saturated heterocycles. The molecule has 0 atom stereocenters. The number of carbonyl (C=O) groups excluding carboxylic acids is 2. The van der Waals surface area contributed by atoms with Gasteiger partial charge in [-0.25, -0.2) is 4.98 Å². The van der Waals surface area contributed by atoms with Crippen molar-refractivity contribution >= 4 is 17.4 Å². The number of anilines is 1. The maximum atomic E-state index is 12.6. The SMILES string of the molecule is Cc1nc(-c2ccc(NC(=O)c3cc4c([nH]c3=O)CCCC4=O)cc2)cc(=O)[nH]1. The molecule has 0 aliphatic heterocycles. The van der Waals surface area contributed by atoms with Crippen molar-refractivity contribution in [2.24, 2.45) is 0 Å². The number of benzene rings is 1. The summed E-state index contributed by atoms with van der Waals surface area (Å²) in [7, 11) is 0. The largest absolute Gasteiger partial charge is 0.325 e. The molecule has 1 amide bonds. The molecule has 8 heteroatoms. The summed E-state index contributed by atoms with van der Waals surface area (Å²) in [5.41, 5.74) is 1.85. The minimum absolute atomic E-state index is 0.0680. The molecule has 1 aliphatic rings. The number of hydrogen-bond acceptors (Lipinski definition) is 5. The van der Waals surface area contributed by atoms with Crippen LogP contribution in [-0.2, 0) is 6.42 Å². The lowest BCUT2D eigenvalue weighted by molar-refractivity contribution is 0.0971. The molecule has 2 heterocycles. The standard InChI is InChI=1S/C21H18N4O4/c1-11-22-17(10-19(27)23-11)12-5-7-13(8-6-12)24-20(28)15-9-14-16(25-21(15)29)3-2-4-18(14)26/h5-10H,2-4H2,1H3,(H,24,28)(H,25,29)(H,22,23,27). The number of aryl methyl sites for hydroxylation is 2. The van der Waals surface area contributed by atoms with E-state index in [1.807, 2.05) is 0 Å². The van der Waals surface area contributed by atoms with Gasteiger partial charge in [-0.05, 0) is 38.0 Å². The highest BCUT2D eigenvalue weighted by atomic mass is 16.2. The molecule has 0 unspecified atom stereocenters. The quantitative estimate of drug-likeness (QED) is 0.632. The fraction of sp³-hybridized carbons (Fsp3) is 0.190. The monoisotopic (exact) mass is 390 g/mol. The Kier molecular flexibility index (Phi) is 4.67. The fourth-order valence-electron chi connectivity index (χ4n) is 3.39. The van der Waals surface area contributed by atoms with E-state index in [1.165, 1.54) is 12.1 Å². The van der Waals surface area contributed by atoms with Crippen LogP contribution in [0, 0.1) is 6.92 Å². The van der Waals surface area contributed by atoms with Crippen LogP contribution < -0.4 is 16.4 Å². The van der Waals surface area contributed by atoms with E-state index in [9.17, 15) is 19.2 Å².